The molecule has 21 heavy (non-hydrogen) atoms. The molecule has 2 rings (SSSR count). The van der Waals surface area contributed by atoms with Gasteiger partial charge in [-0.15, -0.1) is 0 Å². The van der Waals surface area contributed by atoms with Gasteiger partial charge in [-0.25, -0.2) is 0 Å². The lowest BCUT2D eigenvalue weighted by Gasteiger charge is -2.27. The number of pyridine rings is 1. The quantitative estimate of drug-likeness (QED) is 0.891. The van der Waals surface area contributed by atoms with Crippen LogP contribution in [-0.4, -0.2) is 35.8 Å². The summed E-state index contributed by atoms with van der Waals surface area (Å²) in [5, 5.41) is 10.3. The third-order valence-corrected chi connectivity index (χ3v) is 3.82. The zero-order chi connectivity index (χ0) is 15.2. The van der Waals surface area contributed by atoms with E-state index in [1.54, 1.807) is 19.5 Å². The molecule has 1 aromatic heterocycles. The highest BCUT2D eigenvalue weighted by atomic mass is 35.5. The lowest BCUT2D eigenvalue weighted by molar-refractivity contribution is 0.142. The average molecular weight is 307 g/mol. The SMILES string of the molecule is COc1ccc(C(CO)N(C)Cc2ccncc2Cl)cc1. The van der Waals surface area contributed by atoms with Crippen LogP contribution in [0.4, 0.5) is 0 Å². The van der Waals surface area contributed by atoms with Crippen LogP contribution in [0, 0.1) is 0 Å². The average Bonchev–Trinajstić information content (AvgIpc) is 2.51. The molecule has 0 saturated heterocycles. The zero-order valence-corrected chi connectivity index (χ0v) is 12.9. The summed E-state index contributed by atoms with van der Waals surface area (Å²) in [7, 11) is 3.60. The van der Waals surface area contributed by atoms with E-state index in [1.165, 1.54) is 0 Å². The van der Waals surface area contributed by atoms with Gasteiger partial charge in [0.2, 0.25) is 0 Å². The molecule has 5 heteroatoms. The van der Waals surface area contributed by atoms with E-state index in [1.807, 2.05) is 37.4 Å². The molecule has 112 valence electrons. The predicted octanol–water partition coefficient (Wildman–Crippen LogP) is 2.91. The summed E-state index contributed by atoms with van der Waals surface area (Å²) in [5.41, 5.74) is 2.02. The number of hydrogen-bond acceptors (Lipinski definition) is 4. The lowest BCUT2D eigenvalue weighted by atomic mass is 10.1. The Labute approximate surface area is 130 Å². The summed E-state index contributed by atoms with van der Waals surface area (Å²) >= 11 is 6.13. The van der Waals surface area contributed by atoms with Gasteiger partial charge in [0, 0.05) is 18.9 Å². The van der Waals surface area contributed by atoms with Crippen molar-refractivity contribution in [2.24, 2.45) is 0 Å². The Morgan fingerprint density at radius 3 is 2.57 bits per heavy atom. The van der Waals surface area contributed by atoms with Crippen LogP contribution in [0.1, 0.15) is 17.2 Å². The van der Waals surface area contributed by atoms with Gasteiger partial charge < -0.3 is 9.84 Å². The van der Waals surface area contributed by atoms with Crippen LogP contribution in [0.3, 0.4) is 0 Å². The van der Waals surface area contributed by atoms with Gasteiger partial charge in [-0.1, -0.05) is 23.7 Å². The molecule has 0 saturated carbocycles. The van der Waals surface area contributed by atoms with E-state index in [9.17, 15) is 5.11 Å². The molecule has 1 unspecified atom stereocenters. The Kier molecular flexibility index (Phi) is 5.56. The summed E-state index contributed by atoms with van der Waals surface area (Å²) < 4.78 is 5.15. The fourth-order valence-corrected chi connectivity index (χ4v) is 2.42. The molecule has 1 heterocycles. The second kappa shape index (κ2) is 7.41. The number of halogens is 1. The van der Waals surface area contributed by atoms with Crippen molar-refractivity contribution in [3.8, 4) is 5.75 Å². The maximum Gasteiger partial charge on any atom is 0.118 e. The summed E-state index contributed by atoms with van der Waals surface area (Å²) in [6, 6.07) is 9.51. The summed E-state index contributed by atoms with van der Waals surface area (Å²) in [4.78, 5) is 6.04. The molecule has 0 radical (unpaired) electrons. The van der Waals surface area contributed by atoms with Crippen LogP contribution in [-0.2, 0) is 6.54 Å². The molecule has 0 aliphatic carbocycles. The molecule has 0 aliphatic rings. The van der Waals surface area contributed by atoms with Gasteiger partial charge in [0.25, 0.3) is 0 Å². The van der Waals surface area contributed by atoms with Crippen LogP contribution < -0.4 is 4.74 Å². The van der Waals surface area contributed by atoms with E-state index >= 15 is 0 Å². The highest BCUT2D eigenvalue weighted by Gasteiger charge is 2.17. The van der Waals surface area contributed by atoms with Gasteiger partial charge in [0.15, 0.2) is 0 Å². The molecule has 0 amide bonds. The Bertz CT molecular complexity index is 575. The molecular formula is C16H19ClN2O2. The van der Waals surface area contributed by atoms with Gasteiger partial charge >= 0.3 is 0 Å². The number of likely N-dealkylation sites (N-methyl/N-ethyl adjacent to an activating group) is 1. The molecule has 4 nitrogen and oxygen atoms in total. The van der Waals surface area contributed by atoms with Crippen molar-refractivity contribution in [3.05, 3.63) is 58.9 Å². The third kappa shape index (κ3) is 3.94. The van der Waals surface area contributed by atoms with Crippen molar-refractivity contribution < 1.29 is 9.84 Å². The molecule has 0 fully saturated rings. The smallest absolute Gasteiger partial charge is 0.118 e. The van der Waals surface area contributed by atoms with E-state index in [0.717, 1.165) is 16.9 Å². The minimum absolute atomic E-state index is 0.0333. The Morgan fingerprint density at radius 1 is 1.29 bits per heavy atom. The number of nitrogens with zero attached hydrogens (tertiary/aromatic N) is 2. The zero-order valence-electron chi connectivity index (χ0n) is 12.2. The van der Waals surface area contributed by atoms with Crippen LogP contribution in [0.2, 0.25) is 5.02 Å². The van der Waals surface area contributed by atoms with Crippen molar-refractivity contribution >= 4 is 11.6 Å². The fraction of sp³-hybridized carbons (Fsp3) is 0.312. The second-order valence-electron chi connectivity index (χ2n) is 4.85. The van der Waals surface area contributed by atoms with Gasteiger partial charge in [-0.2, -0.15) is 0 Å². The van der Waals surface area contributed by atoms with Crippen molar-refractivity contribution in [2.75, 3.05) is 20.8 Å². The number of rotatable bonds is 6. The number of aromatic nitrogens is 1. The number of hydrogen-bond donors (Lipinski definition) is 1. The second-order valence-corrected chi connectivity index (χ2v) is 5.26. The fourth-order valence-electron chi connectivity index (χ4n) is 2.24. The number of methoxy groups -OCH3 is 1. The van der Waals surface area contributed by atoms with E-state index in [0.29, 0.717) is 11.6 Å². The minimum atomic E-state index is -0.0971. The molecule has 1 atom stereocenters. The summed E-state index contributed by atoms with van der Waals surface area (Å²) in [6.07, 6.45) is 3.35. The van der Waals surface area contributed by atoms with Crippen molar-refractivity contribution in [3.63, 3.8) is 0 Å². The predicted molar refractivity (Wildman–Crippen MR) is 83.5 cm³/mol. The largest absolute Gasteiger partial charge is 0.497 e. The van der Waals surface area contributed by atoms with E-state index in [2.05, 4.69) is 9.88 Å². The summed E-state index contributed by atoms with van der Waals surface area (Å²) in [6.45, 7) is 0.671. The molecule has 1 N–H and O–H groups in total. The monoisotopic (exact) mass is 306 g/mol. The topological polar surface area (TPSA) is 45.6 Å². The summed E-state index contributed by atoms with van der Waals surface area (Å²) in [5.74, 6) is 0.801. The van der Waals surface area contributed by atoms with Gasteiger partial charge in [0.05, 0.1) is 24.8 Å². The first-order valence-corrected chi connectivity index (χ1v) is 7.07. The Morgan fingerprint density at radius 2 is 2.00 bits per heavy atom. The number of aliphatic hydroxyl groups is 1. The molecular weight excluding hydrogens is 288 g/mol. The highest BCUT2D eigenvalue weighted by molar-refractivity contribution is 6.31. The van der Waals surface area contributed by atoms with Crippen molar-refractivity contribution in [1.82, 2.24) is 9.88 Å². The highest BCUT2D eigenvalue weighted by Crippen LogP contribution is 2.24. The van der Waals surface area contributed by atoms with E-state index in [-0.39, 0.29) is 12.6 Å². The van der Waals surface area contributed by atoms with Crippen molar-refractivity contribution in [2.45, 2.75) is 12.6 Å². The number of ether oxygens (including phenoxy) is 1. The number of aliphatic hydroxyl groups excluding tert-OH is 1. The van der Waals surface area contributed by atoms with Crippen LogP contribution in [0.15, 0.2) is 42.7 Å². The minimum Gasteiger partial charge on any atom is -0.497 e. The van der Waals surface area contributed by atoms with Crippen LogP contribution in [0.25, 0.3) is 0 Å². The number of benzene rings is 1. The Hall–Kier alpha value is -1.62. The van der Waals surface area contributed by atoms with Gasteiger partial charge in [-0.3, -0.25) is 9.88 Å². The van der Waals surface area contributed by atoms with E-state index in [4.69, 9.17) is 16.3 Å². The first kappa shape index (κ1) is 15.8. The van der Waals surface area contributed by atoms with Gasteiger partial charge in [-0.05, 0) is 36.4 Å². The first-order valence-electron chi connectivity index (χ1n) is 6.69. The third-order valence-electron chi connectivity index (χ3n) is 3.48. The van der Waals surface area contributed by atoms with E-state index < -0.39 is 0 Å². The Balaban J connectivity index is 2.14. The van der Waals surface area contributed by atoms with Crippen molar-refractivity contribution in [1.29, 1.82) is 0 Å². The lowest BCUT2D eigenvalue weighted by Crippen LogP contribution is -2.27. The molecule has 0 spiro atoms. The standard InChI is InChI=1S/C16H19ClN2O2/c1-19(10-13-7-8-18-9-15(13)17)16(11-20)12-3-5-14(21-2)6-4-12/h3-9,16,20H,10-11H2,1-2H3. The molecule has 0 aliphatic heterocycles. The maximum absolute atomic E-state index is 9.71. The molecule has 0 bridgehead atoms. The first-order chi connectivity index (χ1) is 10.2. The van der Waals surface area contributed by atoms with Crippen LogP contribution >= 0.6 is 11.6 Å². The van der Waals surface area contributed by atoms with Crippen LogP contribution in [0.5, 0.6) is 5.75 Å². The molecule has 2 aromatic rings. The van der Waals surface area contributed by atoms with Gasteiger partial charge in [0.1, 0.15) is 5.75 Å². The normalized spacial score (nSPS) is 12.4. The molecule has 1 aromatic carbocycles. The maximum atomic E-state index is 9.71.